The van der Waals surface area contributed by atoms with Gasteiger partial charge in [-0.15, -0.1) is 6.42 Å². The highest BCUT2D eigenvalue weighted by Crippen LogP contribution is 2.30. The Morgan fingerprint density at radius 2 is 2.29 bits per heavy atom. The van der Waals surface area contributed by atoms with Gasteiger partial charge in [0.05, 0.1) is 6.10 Å². The predicted molar refractivity (Wildman–Crippen MR) is 65.8 cm³/mol. The van der Waals surface area contributed by atoms with Gasteiger partial charge in [0.2, 0.25) is 0 Å². The van der Waals surface area contributed by atoms with E-state index in [1.54, 1.807) is 0 Å². The molecular weight excluding hydrogens is 216 g/mol. The lowest BCUT2D eigenvalue weighted by Crippen LogP contribution is -2.40. The normalized spacial score (nSPS) is 37.9. The highest BCUT2D eigenvalue weighted by atomic mass is 16.5. The summed E-state index contributed by atoms with van der Waals surface area (Å²) >= 11 is 0. The van der Waals surface area contributed by atoms with Gasteiger partial charge in [0.1, 0.15) is 19.1 Å². The SMILES string of the molecule is C#CCOC1CCCC(C2NNC(CC)O2)C1. The molecule has 0 aromatic carbocycles. The lowest BCUT2D eigenvalue weighted by Gasteiger charge is -2.31. The third-order valence-electron chi connectivity index (χ3n) is 3.57. The van der Waals surface area contributed by atoms with Crippen LogP contribution < -0.4 is 10.9 Å². The smallest absolute Gasteiger partial charge is 0.125 e. The Bertz CT molecular complexity index is 277. The molecule has 1 aliphatic carbocycles. The summed E-state index contributed by atoms with van der Waals surface area (Å²) in [5, 5.41) is 0. The van der Waals surface area contributed by atoms with Gasteiger partial charge in [0.15, 0.2) is 0 Å². The van der Waals surface area contributed by atoms with Crippen molar-refractivity contribution >= 4 is 0 Å². The number of hydrazine groups is 1. The molecular formula is C13H22N2O2. The minimum Gasteiger partial charge on any atom is -0.366 e. The molecule has 0 aromatic rings. The van der Waals surface area contributed by atoms with E-state index in [2.05, 4.69) is 23.7 Å². The summed E-state index contributed by atoms with van der Waals surface area (Å²) in [7, 11) is 0. The van der Waals surface area contributed by atoms with Crippen molar-refractivity contribution in [1.82, 2.24) is 10.9 Å². The van der Waals surface area contributed by atoms with Crippen LogP contribution in [-0.2, 0) is 9.47 Å². The molecule has 1 heterocycles. The van der Waals surface area contributed by atoms with Gasteiger partial charge < -0.3 is 9.47 Å². The molecule has 0 amide bonds. The Morgan fingerprint density at radius 1 is 1.41 bits per heavy atom. The first-order chi connectivity index (χ1) is 8.33. The van der Waals surface area contributed by atoms with Gasteiger partial charge in [0, 0.05) is 5.92 Å². The van der Waals surface area contributed by atoms with Gasteiger partial charge in [0.25, 0.3) is 0 Å². The van der Waals surface area contributed by atoms with Crippen molar-refractivity contribution in [2.24, 2.45) is 5.92 Å². The van der Waals surface area contributed by atoms with Crippen molar-refractivity contribution in [2.45, 2.75) is 57.6 Å². The molecule has 96 valence electrons. The zero-order chi connectivity index (χ0) is 12.1. The van der Waals surface area contributed by atoms with E-state index in [0.29, 0.717) is 18.6 Å². The molecule has 2 fully saturated rings. The van der Waals surface area contributed by atoms with E-state index in [4.69, 9.17) is 15.9 Å². The molecule has 4 unspecified atom stereocenters. The van der Waals surface area contributed by atoms with Crippen molar-refractivity contribution in [2.75, 3.05) is 6.61 Å². The fourth-order valence-electron chi connectivity index (χ4n) is 2.62. The number of rotatable bonds is 4. The van der Waals surface area contributed by atoms with Crippen molar-refractivity contribution in [1.29, 1.82) is 0 Å². The third kappa shape index (κ3) is 3.43. The van der Waals surface area contributed by atoms with Crippen LogP contribution in [0.5, 0.6) is 0 Å². The summed E-state index contributed by atoms with van der Waals surface area (Å²) in [4.78, 5) is 0. The van der Waals surface area contributed by atoms with Gasteiger partial charge in [-0.2, -0.15) is 0 Å². The van der Waals surface area contributed by atoms with E-state index in [1.807, 2.05) is 0 Å². The topological polar surface area (TPSA) is 42.5 Å². The summed E-state index contributed by atoms with van der Waals surface area (Å²) < 4.78 is 11.5. The van der Waals surface area contributed by atoms with E-state index in [-0.39, 0.29) is 12.5 Å². The highest BCUT2D eigenvalue weighted by molar-refractivity contribution is 4.85. The number of hydrogen-bond donors (Lipinski definition) is 2. The van der Waals surface area contributed by atoms with E-state index in [9.17, 15) is 0 Å². The number of ether oxygens (including phenoxy) is 2. The Labute approximate surface area is 103 Å². The number of terminal acetylenes is 1. The molecule has 0 aromatic heterocycles. The summed E-state index contributed by atoms with van der Waals surface area (Å²) in [6.07, 6.45) is 11.3. The molecule has 1 saturated heterocycles. The van der Waals surface area contributed by atoms with E-state index >= 15 is 0 Å². The van der Waals surface area contributed by atoms with Gasteiger partial charge in [-0.1, -0.05) is 19.3 Å². The van der Waals surface area contributed by atoms with Crippen LogP contribution in [0.4, 0.5) is 0 Å². The van der Waals surface area contributed by atoms with Crippen LogP contribution in [0.3, 0.4) is 0 Å². The van der Waals surface area contributed by atoms with E-state index in [1.165, 1.54) is 12.8 Å². The highest BCUT2D eigenvalue weighted by Gasteiger charge is 2.34. The maximum absolute atomic E-state index is 5.88. The standard InChI is InChI=1S/C13H22N2O2/c1-3-8-16-11-7-5-6-10(9-11)13-15-14-12(4-2)17-13/h1,10-15H,4-9H2,2H3. The van der Waals surface area contributed by atoms with Crippen LogP contribution in [0, 0.1) is 18.3 Å². The van der Waals surface area contributed by atoms with Crippen LogP contribution in [0.2, 0.25) is 0 Å². The molecule has 0 bridgehead atoms. The van der Waals surface area contributed by atoms with Gasteiger partial charge in [-0.05, 0) is 25.7 Å². The van der Waals surface area contributed by atoms with Gasteiger partial charge in [-0.3, -0.25) is 0 Å². The van der Waals surface area contributed by atoms with Crippen molar-refractivity contribution in [3.63, 3.8) is 0 Å². The fourth-order valence-corrected chi connectivity index (χ4v) is 2.62. The summed E-state index contributed by atoms with van der Waals surface area (Å²) in [6.45, 7) is 2.54. The fraction of sp³-hybridized carbons (Fsp3) is 0.846. The van der Waals surface area contributed by atoms with Crippen LogP contribution in [0.1, 0.15) is 39.0 Å². The summed E-state index contributed by atoms with van der Waals surface area (Å²) in [6, 6.07) is 0. The summed E-state index contributed by atoms with van der Waals surface area (Å²) in [5.41, 5.74) is 6.40. The monoisotopic (exact) mass is 238 g/mol. The van der Waals surface area contributed by atoms with Crippen LogP contribution in [-0.4, -0.2) is 25.2 Å². The number of nitrogens with one attached hydrogen (secondary N) is 2. The quantitative estimate of drug-likeness (QED) is 0.726. The lowest BCUT2D eigenvalue weighted by molar-refractivity contribution is -0.0415. The zero-order valence-corrected chi connectivity index (χ0v) is 10.4. The second-order valence-corrected chi connectivity index (χ2v) is 4.81. The molecule has 4 heteroatoms. The predicted octanol–water partition coefficient (Wildman–Crippen LogP) is 1.38. The molecule has 2 N–H and O–H groups in total. The summed E-state index contributed by atoms with van der Waals surface area (Å²) in [5.74, 6) is 3.06. The molecule has 0 radical (unpaired) electrons. The second kappa shape index (κ2) is 6.36. The molecule has 1 aliphatic heterocycles. The lowest BCUT2D eigenvalue weighted by atomic mass is 9.86. The molecule has 0 spiro atoms. The van der Waals surface area contributed by atoms with Crippen LogP contribution in [0.25, 0.3) is 0 Å². The minimum atomic E-state index is 0.122. The van der Waals surface area contributed by atoms with Crippen LogP contribution >= 0.6 is 0 Å². The van der Waals surface area contributed by atoms with Crippen LogP contribution in [0.15, 0.2) is 0 Å². The maximum atomic E-state index is 5.88. The first kappa shape index (κ1) is 12.8. The second-order valence-electron chi connectivity index (χ2n) is 4.81. The molecule has 2 aliphatic rings. The molecule has 1 saturated carbocycles. The zero-order valence-electron chi connectivity index (χ0n) is 10.4. The molecule has 17 heavy (non-hydrogen) atoms. The Kier molecular flexibility index (Phi) is 4.81. The number of hydrogen-bond acceptors (Lipinski definition) is 4. The molecule has 4 nitrogen and oxygen atoms in total. The Hall–Kier alpha value is -0.600. The van der Waals surface area contributed by atoms with Crippen molar-refractivity contribution < 1.29 is 9.47 Å². The maximum Gasteiger partial charge on any atom is 0.125 e. The first-order valence-electron chi connectivity index (χ1n) is 6.55. The third-order valence-corrected chi connectivity index (χ3v) is 3.57. The van der Waals surface area contributed by atoms with Gasteiger partial charge >= 0.3 is 0 Å². The first-order valence-corrected chi connectivity index (χ1v) is 6.55. The minimum absolute atomic E-state index is 0.122. The Balaban J connectivity index is 1.79. The average molecular weight is 238 g/mol. The largest absolute Gasteiger partial charge is 0.366 e. The van der Waals surface area contributed by atoms with E-state index < -0.39 is 0 Å². The van der Waals surface area contributed by atoms with Crippen molar-refractivity contribution in [3.8, 4) is 12.3 Å². The Morgan fingerprint density at radius 3 is 3.00 bits per heavy atom. The van der Waals surface area contributed by atoms with Crippen molar-refractivity contribution in [3.05, 3.63) is 0 Å². The average Bonchev–Trinajstić information content (AvgIpc) is 2.85. The molecule has 2 rings (SSSR count). The molecule has 4 atom stereocenters. The van der Waals surface area contributed by atoms with Gasteiger partial charge in [-0.25, -0.2) is 10.9 Å². The van der Waals surface area contributed by atoms with E-state index in [0.717, 1.165) is 19.3 Å².